The summed E-state index contributed by atoms with van der Waals surface area (Å²) in [5.41, 5.74) is 5.26. The molecule has 1 amide bonds. The molecule has 0 radical (unpaired) electrons. The quantitative estimate of drug-likeness (QED) is 0.735. The van der Waals surface area contributed by atoms with E-state index in [1.807, 2.05) is 0 Å². The van der Waals surface area contributed by atoms with Crippen LogP contribution in [0.4, 0.5) is 13.2 Å². The van der Waals surface area contributed by atoms with E-state index in [-0.39, 0.29) is 12.6 Å². The van der Waals surface area contributed by atoms with Gasteiger partial charge in [-0.3, -0.25) is 4.79 Å². The monoisotopic (exact) mass is 210 g/mol. The average Bonchev–Trinajstić information content (AvgIpc) is 2.50. The number of halogens is 3. The standard InChI is InChI=1S/C8H13F3N2O/c9-8(10,11)7(14)13-5-1-2-6(13)3-4-12/h6H,1-5,12H2. The molecule has 1 saturated heterocycles. The molecule has 1 heterocycles. The van der Waals surface area contributed by atoms with Gasteiger partial charge in [-0.2, -0.15) is 13.2 Å². The molecule has 14 heavy (non-hydrogen) atoms. The van der Waals surface area contributed by atoms with Gasteiger partial charge in [-0.05, 0) is 25.8 Å². The normalized spacial score (nSPS) is 22.9. The van der Waals surface area contributed by atoms with Crippen LogP contribution in [0, 0.1) is 0 Å². The maximum atomic E-state index is 12.1. The largest absolute Gasteiger partial charge is 0.471 e. The van der Waals surface area contributed by atoms with Gasteiger partial charge >= 0.3 is 12.1 Å². The average molecular weight is 210 g/mol. The molecule has 0 aromatic heterocycles. The molecule has 3 nitrogen and oxygen atoms in total. The molecule has 0 saturated carbocycles. The number of rotatable bonds is 2. The third-order valence-electron chi connectivity index (χ3n) is 2.38. The van der Waals surface area contributed by atoms with Gasteiger partial charge in [-0.1, -0.05) is 0 Å². The highest BCUT2D eigenvalue weighted by molar-refractivity contribution is 5.82. The van der Waals surface area contributed by atoms with Crippen LogP contribution in [0.1, 0.15) is 19.3 Å². The molecule has 0 aliphatic carbocycles. The predicted molar refractivity (Wildman–Crippen MR) is 44.5 cm³/mol. The molecule has 2 N–H and O–H groups in total. The lowest BCUT2D eigenvalue weighted by Gasteiger charge is -2.25. The van der Waals surface area contributed by atoms with Crippen LogP contribution in [0.15, 0.2) is 0 Å². The number of hydrogen-bond acceptors (Lipinski definition) is 2. The highest BCUT2D eigenvalue weighted by Crippen LogP contribution is 2.26. The van der Waals surface area contributed by atoms with Crippen LogP contribution in [-0.2, 0) is 4.79 Å². The van der Waals surface area contributed by atoms with E-state index in [1.54, 1.807) is 0 Å². The third-order valence-corrected chi connectivity index (χ3v) is 2.38. The Balaban J connectivity index is 2.62. The second-order valence-electron chi connectivity index (χ2n) is 3.37. The summed E-state index contributed by atoms with van der Waals surface area (Å²) >= 11 is 0. The Labute approximate surface area is 80.0 Å². The van der Waals surface area contributed by atoms with Gasteiger partial charge in [-0.15, -0.1) is 0 Å². The predicted octanol–water partition coefficient (Wildman–Crippen LogP) is 0.889. The van der Waals surface area contributed by atoms with Crippen LogP contribution in [0.2, 0.25) is 0 Å². The SMILES string of the molecule is NCCC1CCCN1C(=O)C(F)(F)F. The van der Waals surface area contributed by atoms with Gasteiger partial charge in [0.1, 0.15) is 0 Å². The van der Waals surface area contributed by atoms with E-state index in [0.717, 1.165) is 4.90 Å². The molecule has 0 aromatic rings. The lowest BCUT2D eigenvalue weighted by Crippen LogP contribution is -2.44. The fraction of sp³-hybridized carbons (Fsp3) is 0.875. The van der Waals surface area contributed by atoms with Crippen molar-refractivity contribution in [2.75, 3.05) is 13.1 Å². The van der Waals surface area contributed by atoms with Crippen molar-refractivity contribution >= 4 is 5.91 Å². The molecule has 1 aliphatic heterocycles. The van der Waals surface area contributed by atoms with E-state index < -0.39 is 12.1 Å². The van der Waals surface area contributed by atoms with Crippen molar-refractivity contribution in [2.45, 2.75) is 31.5 Å². The lowest BCUT2D eigenvalue weighted by atomic mass is 10.1. The number of hydrogen-bond donors (Lipinski definition) is 1. The summed E-state index contributed by atoms with van der Waals surface area (Å²) in [7, 11) is 0. The number of nitrogens with two attached hydrogens (primary N) is 1. The first-order valence-electron chi connectivity index (χ1n) is 4.54. The number of amides is 1. The highest BCUT2D eigenvalue weighted by Gasteiger charge is 2.45. The van der Waals surface area contributed by atoms with Crippen LogP contribution in [0.25, 0.3) is 0 Å². The van der Waals surface area contributed by atoms with Crippen molar-refractivity contribution in [3.8, 4) is 0 Å². The molecule has 0 bridgehead atoms. The minimum absolute atomic E-state index is 0.197. The number of likely N-dealkylation sites (tertiary alicyclic amines) is 1. The summed E-state index contributed by atoms with van der Waals surface area (Å²) in [6, 6.07) is -0.325. The molecule has 82 valence electrons. The summed E-state index contributed by atoms with van der Waals surface area (Å²) in [6.45, 7) is 0.509. The van der Waals surface area contributed by atoms with Crippen LogP contribution < -0.4 is 5.73 Å². The zero-order valence-electron chi connectivity index (χ0n) is 7.68. The molecule has 1 aliphatic rings. The molecule has 0 aromatic carbocycles. The number of carbonyl (C=O) groups is 1. The topological polar surface area (TPSA) is 46.3 Å². The second kappa shape index (κ2) is 4.16. The first kappa shape index (κ1) is 11.3. The first-order chi connectivity index (χ1) is 6.46. The van der Waals surface area contributed by atoms with Gasteiger partial charge in [0, 0.05) is 12.6 Å². The molecule has 6 heteroatoms. The fourth-order valence-electron chi connectivity index (χ4n) is 1.76. The second-order valence-corrected chi connectivity index (χ2v) is 3.37. The summed E-state index contributed by atoms with van der Waals surface area (Å²) < 4.78 is 36.3. The van der Waals surface area contributed by atoms with Crippen molar-refractivity contribution in [3.05, 3.63) is 0 Å². The van der Waals surface area contributed by atoms with Crippen LogP contribution >= 0.6 is 0 Å². The number of alkyl halides is 3. The van der Waals surface area contributed by atoms with Crippen LogP contribution in [-0.4, -0.2) is 36.1 Å². The minimum atomic E-state index is -4.75. The molecule has 1 atom stereocenters. The minimum Gasteiger partial charge on any atom is -0.332 e. The van der Waals surface area contributed by atoms with Crippen molar-refractivity contribution < 1.29 is 18.0 Å². The van der Waals surface area contributed by atoms with Crippen molar-refractivity contribution in [3.63, 3.8) is 0 Å². The summed E-state index contributed by atoms with van der Waals surface area (Å²) in [5.74, 6) is -1.73. The van der Waals surface area contributed by atoms with Crippen LogP contribution in [0.3, 0.4) is 0 Å². The van der Waals surface area contributed by atoms with Gasteiger partial charge in [0.2, 0.25) is 0 Å². The Morgan fingerprint density at radius 3 is 2.64 bits per heavy atom. The van der Waals surface area contributed by atoms with Gasteiger partial charge in [0.25, 0.3) is 0 Å². The zero-order valence-corrected chi connectivity index (χ0v) is 7.68. The summed E-state index contributed by atoms with van der Waals surface area (Å²) in [6.07, 6.45) is -3.05. The van der Waals surface area contributed by atoms with E-state index in [0.29, 0.717) is 25.8 Å². The molecular weight excluding hydrogens is 197 g/mol. The smallest absolute Gasteiger partial charge is 0.332 e. The Morgan fingerprint density at radius 2 is 2.14 bits per heavy atom. The van der Waals surface area contributed by atoms with Crippen molar-refractivity contribution in [2.24, 2.45) is 5.73 Å². The Hall–Kier alpha value is -0.780. The van der Waals surface area contributed by atoms with Gasteiger partial charge in [0.15, 0.2) is 0 Å². The van der Waals surface area contributed by atoms with Gasteiger partial charge < -0.3 is 10.6 Å². The van der Waals surface area contributed by atoms with E-state index in [1.165, 1.54) is 0 Å². The molecule has 1 unspecified atom stereocenters. The highest BCUT2D eigenvalue weighted by atomic mass is 19.4. The molecule has 1 rings (SSSR count). The summed E-state index contributed by atoms with van der Waals surface area (Å²) in [5, 5.41) is 0. The van der Waals surface area contributed by atoms with E-state index in [9.17, 15) is 18.0 Å². The van der Waals surface area contributed by atoms with E-state index >= 15 is 0 Å². The maximum Gasteiger partial charge on any atom is 0.471 e. The Kier molecular flexibility index (Phi) is 3.36. The zero-order chi connectivity index (χ0) is 10.8. The van der Waals surface area contributed by atoms with E-state index in [4.69, 9.17) is 5.73 Å². The summed E-state index contributed by atoms with van der Waals surface area (Å²) in [4.78, 5) is 11.8. The van der Waals surface area contributed by atoms with Crippen molar-refractivity contribution in [1.82, 2.24) is 4.90 Å². The molecular formula is C8H13F3N2O. The van der Waals surface area contributed by atoms with Crippen LogP contribution in [0.5, 0.6) is 0 Å². The molecule has 1 fully saturated rings. The third kappa shape index (κ3) is 2.37. The van der Waals surface area contributed by atoms with E-state index in [2.05, 4.69) is 0 Å². The number of carbonyl (C=O) groups excluding carboxylic acids is 1. The fourth-order valence-corrected chi connectivity index (χ4v) is 1.76. The Morgan fingerprint density at radius 1 is 1.50 bits per heavy atom. The molecule has 0 spiro atoms. The Bertz CT molecular complexity index is 217. The maximum absolute atomic E-state index is 12.1. The van der Waals surface area contributed by atoms with Gasteiger partial charge in [-0.25, -0.2) is 0 Å². The lowest BCUT2D eigenvalue weighted by molar-refractivity contribution is -0.186. The number of nitrogens with zero attached hydrogens (tertiary/aromatic N) is 1. The first-order valence-corrected chi connectivity index (χ1v) is 4.54. The van der Waals surface area contributed by atoms with Crippen molar-refractivity contribution in [1.29, 1.82) is 0 Å². The van der Waals surface area contributed by atoms with Gasteiger partial charge in [0.05, 0.1) is 0 Å².